The third-order valence-corrected chi connectivity index (χ3v) is 5.71. The fourth-order valence-electron chi connectivity index (χ4n) is 3.93. The average Bonchev–Trinajstić information content (AvgIpc) is 2.84. The van der Waals surface area contributed by atoms with Gasteiger partial charge in [-0.3, -0.25) is 4.79 Å². The molecule has 0 radical (unpaired) electrons. The van der Waals surface area contributed by atoms with Crippen molar-refractivity contribution < 1.29 is 9.18 Å². The van der Waals surface area contributed by atoms with E-state index in [-0.39, 0.29) is 17.3 Å². The lowest BCUT2D eigenvalue weighted by molar-refractivity contribution is -0.127. The summed E-state index contributed by atoms with van der Waals surface area (Å²) >= 11 is 0. The number of carbonyl (C=O) groups excluding carboxylic acids is 1. The van der Waals surface area contributed by atoms with Gasteiger partial charge in [0, 0.05) is 70.4 Å². The van der Waals surface area contributed by atoms with E-state index >= 15 is 0 Å². The normalized spacial score (nSPS) is 17.5. The molecule has 2 fully saturated rings. The van der Waals surface area contributed by atoms with E-state index in [9.17, 15) is 14.4 Å². The minimum atomic E-state index is -0.262. The fraction of sp³-hybridized carbons (Fsp3) is 0.348. The largest absolute Gasteiger partial charge is 0.373 e. The molecular weight excluding hydrogens is 395 g/mol. The fourth-order valence-corrected chi connectivity index (χ4v) is 3.93. The summed E-state index contributed by atoms with van der Waals surface area (Å²) in [6, 6.07) is 14.3. The Hall–Kier alpha value is -3.60. The summed E-state index contributed by atoms with van der Waals surface area (Å²) < 4.78 is 13.1. The summed E-state index contributed by atoms with van der Waals surface area (Å²) in [5, 5.41) is 9.58. The number of piperazine rings is 2. The monoisotopic (exact) mass is 420 g/mol. The van der Waals surface area contributed by atoms with E-state index < -0.39 is 0 Å². The van der Waals surface area contributed by atoms with Gasteiger partial charge in [0.2, 0.25) is 0 Å². The Morgan fingerprint density at radius 2 is 1.61 bits per heavy atom. The van der Waals surface area contributed by atoms with Crippen LogP contribution in [0, 0.1) is 17.1 Å². The molecule has 0 spiro atoms. The van der Waals surface area contributed by atoms with Crippen LogP contribution in [-0.2, 0) is 4.79 Å². The van der Waals surface area contributed by atoms with E-state index in [2.05, 4.69) is 20.9 Å². The molecule has 1 aromatic carbocycles. The van der Waals surface area contributed by atoms with Gasteiger partial charge < -0.3 is 19.6 Å². The summed E-state index contributed by atoms with van der Waals surface area (Å²) in [5.41, 5.74) is 1.11. The Morgan fingerprint density at radius 3 is 2.23 bits per heavy atom. The van der Waals surface area contributed by atoms with E-state index in [0.29, 0.717) is 26.2 Å². The number of pyridine rings is 1. The van der Waals surface area contributed by atoms with Crippen molar-refractivity contribution in [3.05, 3.63) is 66.3 Å². The van der Waals surface area contributed by atoms with Gasteiger partial charge in [0.15, 0.2) is 0 Å². The summed E-state index contributed by atoms with van der Waals surface area (Å²) in [6.07, 6.45) is 3.48. The number of hydrogen-bond donors (Lipinski definition) is 0. The molecule has 1 aromatic heterocycles. The molecule has 0 aliphatic carbocycles. The third-order valence-electron chi connectivity index (χ3n) is 5.71. The molecule has 8 heteroatoms. The topological polar surface area (TPSA) is 66.7 Å². The van der Waals surface area contributed by atoms with Gasteiger partial charge in [0.05, 0.1) is 0 Å². The maximum Gasteiger partial charge on any atom is 0.266 e. The van der Waals surface area contributed by atoms with Crippen LogP contribution in [0.25, 0.3) is 0 Å². The lowest BCUT2D eigenvalue weighted by Gasteiger charge is -2.37. The van der Waals surface area contributed by atoms with Crippen molar-refractivity contribution in [1.29, 1.82) is 5.26 Å². The molecule has 0 saturated carbocycles. The molecule has 0 bridgehead atoms. The maximum atomic E-state index is 13.1. The SMILES string of the molecule is N#C/C(=C/N1CCN(c2ccccn2)CC1)C(=O)N1CCN(c2ccc(F)cc2)CC1. The van der Waals surface area contributed by atoms with Gasteiger partial charge in [0.25, 0.3) is 5.91 Å². The Bertz CT molecular complexity index is 956. The molecule has 4 rings (SSSR count). The van der Waals surface area contributed by atoms with E-state index in [1.54, 1.807) is 29.4 Å². The Labute approximate surface area is 181 Å². The molecule has 0 unspecified atom stereocenters. The predicted octanol–water partition coefficient (Wildman–Crippen LogP) is 2.10. The van der Waals surface area contributed by atoms with Crippen molar-refractivity contribution in [2.24, 2.45) is 0 Å². The van der Waals surface area contributed by atoms with Crippen LogP contribution in [0.5, 0.6) is 0 Å². The number of hydrogen-bond acceptors (Lipinski definition) is 6. The second-order valence-corrected chi connectivity index (χ2v) is 7.62. The predicted molar refractivity (Wildman–Crippen MR) is 117 cm³/mol. The molecule has 1 amide bonds. The van der Waals surface area contributed by atoms with Gasteiger partial charge >= 0.3 is 0 Å². The van der Waals surface area contributed by atoms with Crippen LogP contribution in [0.1, 0.15) is 0 Å². The molecule has 160 valence electrons. The standard InChI is InChI=1S/C23H25FN6O/c24-20-4-6-21(7-5-20)28-13-15-30(16-14-28)23(31)19(17-25)18-27-9-11-29(12-10-27)22-3-1-2-8-26-22/h1-8,18H,9-16H2/b19-18-. The Balaban J connectivity index is 1.32. The van der Waals surface area contributed by atoms with Gasteiger partial charge in [-0.05, 0) is 36.4 Å². The van der Waals surface area contributed by atoms with Crippen LogP contribution < -0.4 is 9.80 Å². The first-order valence-electron chi connectivity index (χ1n) is 10.5. The highest BCUT2D eigenvalue weighted by Crippen LogP contribution is 2.18. The van der Waals surface area contributed by atoms with Crippen LogP contribution in [0.2, 0.25) is 0 Å². The van der Waals surface area contributed by atoms with Crippen molar-refractivity contribution in [3.63, 3.8) is 0 Å². The average molecular weight is 420 g/mol. The van der Waals surface area contributed by atoms with Crippen LogP contribution in [0.3, 0.4) is 0 Å². The van der Waals surface area contributed by atoms with E-state index in [0.717, 1.165) is 37.7 Å². The highest BCUT2D eigenvalue weighted by atomic mass is 19.1. The number of amides is 1. The lowest BCUT2D eigenvalue weighted by Crippen LogP contribution is -2.49. The van der Waals surface area contributed by atoms with Crippen molar-refractivity contribution in [2.45, 2.75) is 0 Å². The Morgan fingerprint density at radius 1 is 0.935 bits per heavy atom. The maximum absolute atomic E-state index is 13.1. The zero-order chi connectivity index (χ0) is 21.6. The van der Waals surface area contributed by atoms with Crippen molar-refractivity contribution in [2.75, 3.05) is 62.2 Å². The van der Waals surface area contributed by atoms with Crippen molar-refractivity contribution in [3.8, 4) is 6.07 Å². The molecule has 31 heavy (non-hydrogen) atoms. The lowest BCUT2D eigenvalue weighted by atomic mass is 10.2. The molecule has 0 atom stereocenters. The number of nitriles is 1. The molecule has 7 nitrogen and oxygen atoms in total. The molecule has 3 heterocycles. The van der Waals surface area contributed by atoms with Crippen molar-refractivity contribution >= 4 is 17.4 Å². The minimum absolute atomic E-state index is 0.168. The number of nitrogens with zero attached hydrogens (tertiary/aromatic N) is 6. The molecule has 2 aliphatic heterocycles. The summed E-state index contributed by atoms with van der Waals surface area (Å²) in [4.78, 5) is 25.4. The van der Waals surface area contributed by atoms with Gasteiger partial charge in [-0.25, -0.2) is 9.37 Å². The second-order valence-electron chi connectivity index (χ2n) is 7.62. The molecule has 2 aliphatic rings. The Kier molecular flexibility index (Phi) is 6.32. The highest BCUT2D eigenvalue weighted by molar-refractivity contribution is 5.97. The number of halogens is 1. The van der Waals surface area contributed by atoms with Gasteiger partial charge in [-0.15, -0.1) is 0 Å². The number of anilines is 2. The molecule has 2 saturated heterocycles. The first-order valence-corrected chi connectivity index (χ1v) is 10.5. The first kappa shape index (κ1) is 20.7. The summed E-state index contributed by atoms with van der Waals surface area (Å²) in [7, 11) is 0. The first-order chi connectivity index (χ1) is 15.1. The van der Waals surface area contributed by atoms with Crippen LogP contribution in [0.15, 0.2) is 60.4 Å². The van der Waals surface area contributed by atoms with Crippen LogP contribution in [-0.4, -0.2) is 73.0 Å². The van der Waals surface area contributed by atoms with Crippen LogP contribution in [0.4, 0.5) is 15.9 Å². The smallest absolute Gasteiger partial charge is 0.266 e. The quantitative estimate of drug-likeness (QED) is 0.558. The van der Waals surface area contributed by atoms with E-state index in [4.69, 9.17) is 0 Å². The highest BCUT2D eigenvalue weighted by Gasteiger charge is 2.25. The number of benzene rings is 1. The second kappa shape index (κ2) is 9.47. The minimum Gasteiger partial charge on any atom is -0.373 e. The number of rotatable bonds is 4. The molecule has 0 N–H and O–H groups in total. The zero-order valence-corrected chi connectivity index (χ0v) is 17.3. The van der Waals surface area contributed by atoms with E-state index in [1.165, 1.54) is 12.1 Å². The van der Waals surface area contributed by atoms with Crippen LogP contribution >= 0.6 is 0 Å². The van der Waals surface area contributed by atoms with Gasteiger partial charge in [0.1, 0.15) is 23.3 Å². The zero-order valence-electron chi connectivity index (χ0n) is 17.3. The van der Waals surface area contributed by atoms with Gasteiger partial charge in [-0.2, -0.15) is 5.26 Å². The number of aromatic nitrogens is 1. The summed E-state index contributed by atoms with van der Waals surface area (Å²) in [6.45, 7) is 5.40. The molecular formula is C23H25FN6O. The summed E-state index contributed by atoms with van der Waals surface area (Å²) in [5.74, 6) is 0.456. The third kappa shape index (κ3) is 4.94. The van der Waals surface area contributed by atoms with Gasteiger partial charge in [-0.1, -0.05) is 6.07 Å². The van der Waals surface area contributed by atoms with E-state index in [1.807, 2.05) is 23.1 Å². The van der Waals surface area contributed by atoms with Crippen molar-refractivity contribution in [1.82, 2.24) is 14.8 Å². The number of carbonyl (C=O) groups is 1. The molecule has 2 aromatic rings.